The average molecular weight is 452 g/mol. The van der Waals surface area contributed by atoms with E-state index in [0.29, 0.717) is 30.6 Å². The summed E-state index contributed by atoms with van der Waals surface area (Å²) in [5, 5.41) is 11.5. The summed E-state index contributed by atoms with van der Waals surface area (Å²) in [6.07, 6.45) is 5.21. The minimum absolute atomic E-state index is 0.0235. The molecular formula is C25H26ClN3O3. The molecule has 0 bridgehead atoms. The molecule has 3 rings (SSSR count). The number of hydrogen-bond donors (Lipinski definition) is 0. The zero-order valence-electron chi connectivity index (χ0n) is 18.1. The fourth-order valence-corrected chi connectivity index (χ4v) is 3.64. The van der Waals surface area contributed by atoms with Gasteiger partial charge in [0.15, 0.2) is 0 Å². The molecule has 1 aromatic heterocycles. The first-order valence-corrected chi connectivity index (χ1v) is 10.8. The lowest BCUT2D eigenvalue weighted by Gasteiger charge is -2.24. The van der Waals surface area contributed by atoms with E-state index in [-0.39, 0.29) is 11.6 Å². The molecule has 0 saturated heterocycles. The highest BCUT2D eigenvalue weighted by molar-refractivity contribution is 6.30. The Hall–Kier alpha value is -3.38. The largest absolute Gasteiger partial charge is 0.345 e. The van der Waals surface area contributed by atoms with Crippen LogP contribution in [-0.4, -0.2) is 26.8 Å². The van der Waals surface area contributed by atoms with Gasteiger partial charge in [0.2, 0.25) is 5.91 Å². The zero-order chi connectivity index (χ0) is 23.1. The van der Waals surface area contributed by atoms with Crippen molar-refractivity contribution in [3.8, 4) is 0 Å². The zero-order valence-corrected chi connectivity index (χ0v) is 18.9. The quantitative estimate of drug-likeness (QED) is 0.234. The second-order valence-electron chi connectivity index (χ2n) is 8.05. The maximum absolute atomic E-state index is 13.0. The Kier molecular flexibility index (Phi) is 7.84. The number of benzene rings is 2. The van der Waals surface area contributed by atoms with Gasteiger partial charge >= 0.3 is 0 Å². The highest BCUT2D eigenvalue weighted by atomic mass is 35.5. The van der Waals surface area contributed by atoms with Gasteiger partial charge < -0.3 is 9.47 Å². The molecule has 0 radical (unpaired) electrons. The van der Waals surface area contributed by atoms with E-state index in [0.717, 1.165) is 16.8 Å². The number of nitro benzene ring substituents is 1. The van der Waals surface area contributed by atoms with Gasteiger partial charge in [-0.15, -0.1) is 0 Å². The molecule has 0 aliphatic rings. The molecule has 2 aromatic carbocycles. The van der Waals surface area contributed by atoms with Crippen molar-refractivity contribution in [2.75, 3.05) is 6.54 Å². The summed E-state index contributed by atoms with van der Waals surface area (Å²) in [5.74, 6) is 0.204. The van der Waals surface area contributed by atoms with Crippen molar-refractivity contribution in [2.45, 2.75) is 26.9 Å². The van der Waals surface area contributed by atoms with Crippen molar-refractivity contribution in [1.29, 1.82) is 0 Å². The number of halogens is 1. The van der Waals surface area contributed by atoms with Crippen LogP contribution in [0.3, 0.4) is 0 Å². The van der Waals surface area contributed by atoms with Gasteiger partial charge in [-0.25, -0.2) is 0 Å². The first kappa shape index (κ1) is 23.3. The molecule has 0 saturated carbocycles. The summed E-state index contributed by atoms with van der Waals surface area (Å²) >= 11 is 6.11. The van der Waals surface area contributed by atoms with Crippen molar-refractivity contribution in [1.82, 2.24) is 9.47 Å². The lowest BCUT2D eigenvalue weighted by atomic mass is 10.1. The maximum Gasteiger partial charge on any atom is 0.269 e. The van der Waals surface area contributed by atoms with E-state index in [4.69, 9.17) is 11.6 Å². The van der Waals surface area contributed by atoms with Crippen LogP contribution in [0.5, 0.6) is 0 Å². The Balaban J connectivity index is 1.73. The summed E-state index contributed by atoms with van der Waals surface area (Å²) in [4.78, 5) is 25.1. The van der Waals surface area contributed by atoms with Crippen LogP contribution in [0.4, 0.5) is 5.69 Å². The number of aromatic nitrogens is 1. The number of carbonyl (C=O) groups excluding carboxylic acids is 1. The van der Waals surface area contributed by atoms with E-state index < -0.39 is 4.92 Å². The predicted molar refractivity (Wildman–Crippen MR) is 127 cm³/mol. The SMILES string of the molecule is CC(C)CN(Cc1cccn1Cc1cccc(Cl)c1)C(=O)C=Cc1ccc([N+](=O)[O-])cc1. The second kappa shape index (κ2) is 10.8. The molecule has 7 heteroatoms. The highest BCUT2D eigenvalue weighted by Crippen LogP contribution is 2.16. The van der Waals surface area contributed by atoms with Crippen LogP contribution in [0.15, 0.2) is 72.9 Å². The van der Waals surface area contributed by atoms with Crippen molar-refractivity contribution in [3.05, 3.63) is 105 Å². The summed E-state index contributed by atoms with van der Waals surface area (Å²) in [7, 11) is 0. The Morgan fingerprint density at radius 2 is 1.91 bits per heavy atom. The number of non-ortho nitro benzene ring substituents is 1. The Labute approximate surface area is 192 Å². The minimum atomic E-state index is -0.443. The Bertz CT molecular complexity index is 1100. The van der Waals surface area contributed by atoms with Gasteiger partial charge in [-0.05, 0) is 59.5 Å². The van der Waals surface area contributed by atoms with Crippen LogP contribution in [0.25, 0.3) is 6.08 Å². The molecule has 0 unspecified atom stereocenters. The number of nitrogens with zero attached hydrogens (tertiary/aromatic N) is 3. The predicted octanol–water partition coefficient (Wildman–Crippen LogP) is 5.80. The number of rotatable bonds is 9. The van der Waals surface area contributed by atoms with E-state index >= 15 is 0 Å². The third kappa shape index (κ3) is 6.56. The van der Waals surface area contributed by atoms with Gasteiger partial charge in [-0.1, -0.05) is 37.6 Å². The van der Waals surface area contributed by atoms with Crippen molar-refractivity contribution < 1.29 is 9.72 Å². The van der Waals surface area contributed by atoms with Crippen LogP contribution in [0.1, 0.15) is 30.7 Å². The van der Waals surface area contributed by atoms with Crippen LogP contribution < -0.4 is 0 Å². The highest BCUT2D eigenvalue weighted by Gasteiger charge is 2.15. The smallest absolute Gasteiger partial charge is 0.269 e. The fraction of sp³-hybridized carbons (Fsp3) is 0.240. The molecular weight excluding hydrogens is 426 g/mol. The molecule has 0 fully saturated rings. The molecule has 1 amide bonds. The van der Waals surface area contributed by atoms with Crippen LogP contribution >= 0.6 is 11.6 Å². The van der Waals surface area contributed by atoms with Gasteiger partial charge in [0, 0.05) is 48.2 Å². The molecule has 1 heterocycles. The molecule has 0 aliphatic carbocycles. The third-order valence-corrected chi connectivity index (χ3v) is 5.17. The van der Waals surface area contributed by atoms with Gasteiger partial charge in [0.05, 0.1) is 11.5 Å². The third-order valence-electron chi connectivity index (χ3n) is 4.94. The molecule has 32 heavy (non-hydrogen) atoms. The van der Waals surface area contributed by atoms with Crippen LogP contribution in [0.2, 0.25) is 5.02 Å². The van der Waals surface area contributed by atoms with Gasteiger partial charge in [0.25, 0.3) is 5.69 Å². The summed E-state index contributed by atoms with van der Waals surface area (Å²) < 4.78 is 2.12. The molecule has 0 aliphatic heterocycles. The van der Waals surface area contributed by atoms with E-state index in [9.17, 15) is 14.9 Å². The number of carbonyl (C=O) groups is 1. The summed E-state index contributed by atoms with van der Waals surface area (Å²) in [6, 6.07) is 17.9. The standard InChI is InChI=1S/C25H26ClN3O3/c1-19(2)16-28(25(30)13-10-20-8-11-23(12-9-20)29(31)32)18-24-7-4-14-27(24)17-21-5-3-6-22(26)15-21/h3-15,19H,16-18H2,1-2H3. The second-order valence-corrected chi connectivity index (χ2v) is 8.49. The molecule has 0 spiro atoms. The van der Waals surface area contributed by atoms with Crippen molar-refractivity contribution >= 4 is 29.3 Å². The molecule has 166 valence electrons. The van der Waals surface area contributed by atoms with E-state index in [1.807, 2.05) is 47.5 Å². The normalized spacial score (nSPS) is 11.2. The maximum atomic E-state index is 13.0. The summed E-state index contributed by atoms with van der Waals surface area (Å²) in [6.45, 7) is 5.92. The molecule has 6 nitrogen and oxygen atoms in total. The first-order chi connectivity index (χ1) is 15.3. The van der Waals surface area contributed by atoms with Crippen molar-refractivity contribution in [3.63, 3.8) is 0 Å². The lowest BCUT2D eigenvalue weighted by Crippen LogP contribution is -2.33. The minimum Gasteiger partial charge on any atom is -0.345 e. The molecule has 0 N–H and O–H groups in total. The van der Waals surface area contributed by atoms with Gasteiger partial charge in [-0.2, -0.15) is 0 Å². The fourth-order valence-electron chi connectivity index (χ4n) is 3.43. The van der Waals surface area contributed by atoms with Gasteiger partial charge in [-0.3, -0.25) is 14.9 Å². The monoisotopic (exact) mass is 451 g/mol. The number of nitro groups is 1. The van der Waals surface area contributed by atoms with E-state index in [1.165, 1.54) is 18.2 Å². The molecule has 0 atom stereocenters. The van der Waals surface area contributed by atoms with Crippen LogP contribution in [0, 0.1) is 16.0 Å². The van der Waals surface area contributed by atoms with E-state index in [2.05, 4.69) is 18.4 Å². The number of amides is 1. The topological polar surface area (TPSA) is 68.4 Å². The Morgan fingerprint density at radius 3 is 2.56 bits per heavy atom. The number of hydrogen-bond acceptors (Lipinski definition) is 3. The van der Waals surface area contributed by atoms with Crippen LogP contribution in [-0.2, 0) is 17.9 Å². The molecule has 3 aromatic rings. The Morgan fingerprint density at radius 1 is 1.16 bits per heavy atom. The lowest BCUT2D eigenvalue weighted by molar-refractivity contribution is -0.384. The summed E-state index contributed by atoms with van der Waals surface area (Å²) in [5.41, 5.74) is 2.88. The van der Waals surface area contributed by atoms with E-state index in [1.54, 1.807) is 18.2 Å². The average Bonchev–Trinajstić information content (AvgIpc) is 3.18. The van der Waals surface area contributed by atoms with Gasteiger partial charge in [0.1, 0.15) is 0 Å². The van der Waals surface area contributed by atoms with Crippen molar-refractivity contribution in [2.24, 2.45) is 5.92 Å². The first-order valence-electron chi connectivity index (χ1n) is 10.4.